The van der Waals surface area contributed by atoms with E-state index in [1.165, 1.54) is 0 Å². The van der Waals surface area contributed by atoms with Crippen LogP contribution in [0.25, 0.3) is 0 Å². The summed E-state index contributed by atoms with van der Waals surface area (Å²) in [6.07, 6.45) is -1.48. The van der Waals surface area contributed by atoms with Gasteiger partial charge >= 0.3 is 12.1 Å². The Morgan fingerprint density at radius 1 is 1.32 bits per heavy atom. The highest BCUT2D eigenvalue weighted by Gasteiger charge is 2.47. The van der Waals surface area contributed by atoms with Gasteiger partial charge < -0.3 is 14.5 Å². The topological polar surface area (TPSA) is 99.8 Å². The quantitative estimate of drug-likeness (QED) is 0.749. The third-order valence-electron chi connectivity index (χ3n) is 5.54. The van der Waals surface area contributed by atoms with Crippen molar-refractivity contribution in [3.05, 3.63) is 33.6 Å². The number of aliphatic carboxylic acids is 1. The molecule has 12 heteroatoms. The molecule has 0 saturated carbocycles. The number of hydrogen-bond acceptors (Lipinski definition) is 7. The number of rotatable bonds is 4. The first-order valence-corrected chi connectivity index (χ1v) is 10.5. The molecule has 2 aliphatic rings. The van der Waals surface area contributed by atoms with Crippen molar-refractivity contribution >= 4 is 23.2 Å². The van der Waals surface area contributed by atoms with Gasteiger partial charge in [-0.15, -0.1) is 11.3 Å². The molecular formula is C19H23F3N4O4S. The average Bonchev–Trinajstić information content (AvgIpc) is 3.44. The van der Waals surface area contributed by atoms with Gasteiger partial charge in [-0.3, -0.25) is 9.69 Å². The van der Waals surface area contributed by atoms with Gasteiger partial charge in [0.25, 0.3) is 0 Å². The average molecular weight is 460 g/mol. The van der Waals surface area contributed by atoms with Crippen molar-refractivity contribution in [1.82, 2.24) is 19.9 Å². The molecule has 0 bridgehead atoms. The van der Waals surface area contributed by atoms with Gasteiger partial charge in [0, 0.05) is 42.1 Å². The molecule has 1 N–H and O–H groups in total. The zero-order valence-corrected chi connectivity index (χ0v) is 17.9. The molecular weight excluding hydrogens is 437 g/mol. The van der Waals surface area contributed by atoms with E-state index in [-0.39, 0.29) is 11.3 Å². The molecule has 2 aliphatic heterocycles. The Morgan fingerprint density at radius 3 is 2.58 bits per heavy atom. The highest BCUT2D eigenvalue weighted by molar-refractivity contribution is 7.09. The van der Waals surface area contributed by atoms with Crippen LogP contribution in [0.1, 0.15) is 34.9 Å². The number of carbonyl (C=O) groups excluding carboxylic acids is 1. The SMILES string of the molecule is Cc1noc(C)c1CN1CC2(CCN(Cc3nccs3)C2)CC1=O.O=C(O)C(F)(F)F. The number of amides is 1. The molecule has 2 aromatic rings. The van der Waals surface area contributed by atoms with Crippen molar-refractivity contribution in [2.24, 2.45) is 5.41 Å². The summed E-state index contributed by atoms with van der Waals surface area (Å²) in [4.78, 5) is 30.2. The van der Waals surface area contributed by atoms with Gasteiger partial charge in [-0.05, 0) is 26.8 Å². The molecule has 1 unspecified atom stereocenters. The summed E-state index contributed by atoms with van der Waals surface area (Å²) in [7, 11) is 0. The third kappa shape index (κ3) is 5.62. The zero-order valence-electron chi connectivity index (χ0n) is 17.1. The largest absolute Gasteiger partial charge is 0.490 e. The van der Waals surface area contributed by atoms with E-state index >= 15 is 0 Å². The van der Waals surface area contributed by atoms with Crippen molar-refractivity contribution in [1.29, 1.82) is 0 Å². The fourth-order valence-corrected chi connectivity index (χ4v) is 4.66. The first-order chi connectivity index (χ1) is 14.5. The minimum absolute atomic E-state index is 0.104. The summed E-state index contributed by atoms with van der Waals surface area (Å²) in [6.45, 7) is 8.24. The molecule has 1 atom stereocenters. The van der Waals surface area contributed by atoms with Crippen molar-refractivity contribution in [2.45, 2.75) is 46.0 Å². The third-order valence-corrected chi connectivity index (χ3v) is 6.30. The summed E-state index contributed by atoms with van der Waals surface area (Å²) in [5.74, 6) is -1.68. The summed E-state index contributed by atoms with van der Waals surface area (Å²) in [6, 6.07) is 0. The lowest BCUT2D eigenvalue weighted by molar-refractivity contribution is -0.192. The van der Waals surface area contributed by atoms with E-state index in [0.29, 0.717) is 13.0 Å². The van der Waals surface area contributed by atoms with Crippen LogP contribution in [-0.4, -0.2) is 62.7 Å². The normalized spacial score (nSPS) is 21.6. The minimum Gasteiger partial charge on any atom is -0.475 e. The summed E-state index contributed by atoms with van der Waals surface area (Å²) in [5, 5.41) is 14.3. The summed E-state index contributed by atoms with van der Waals surface area (Å²) in [5.41, 5.74) is 2.05. The number of carboxylic acids is 1. The molecule has 31 heavy (non-hydrogen) atoms. The van der Waals surface area contributed by atoms with Gasteiger partial charge in [0.1, 0.15) is 10.8 Å². The molecule has 0 aromatic carbocycles. The number of hydrogen-bond donors (Lipinski definition) is 1. The lowest BCUT2D eigenvalue weighted by Gasteiger charge is -2.24. The van der Waals surface area contributed by atoms with Crippen LogP contribution >= 0.6 is 11.3 Å². The van der Waals surface area contributed by atoms with Gasteiger partial charge in [0.05, 0.1) is 18.8 Å². The van der Waals surface area contributed by atoms with Gasteiger partial charge in [-0.25, -0.2) is 9.78 Å². The molecule has 1 spiro atoms. The first kappa shape index (κ1) is 23.2. The Labute approximate surface area is 180 Å². The lowest BCUT2D eigenvalue weighted by Crippen LogP contribution is -2.31. The number of nitrogens with zero attached hydrogens (tertiary/aromatic N) is 4. The van der Waals surface area contributed by atoms with Gasteiger partial charge in [-0.1, -0.05) is 5.16 Å². The number of alkyl halides is 3. The second kappa shape index (κ2) is 8.95. The zero-order chi connectivity index (χ0) is 22.8. The molecule has 8 nitrogen and oxygen atoms in total. The van der Waals surface area contributed by atoms with Crippen LogP contribution in [0.15, 0.2) is 16.1 Å². The van der Waals surface area contributed by atoms with E-state index in [2.05, 4.69) is 15.0 Å². The van der Waals surface area contributed by atoms with E-state index < -0.39 is 12.1 Å². The lowest BCUT2D eigenvalue weighted by atomic mass is 9.86. The van der Waals surface area contributed by atoms with Crippen molar-refractivity contribution in [3.8, 4) is 0 Å². The van der Waals surface area contributed by atoms with E-state index in [9.17, 15) is 18.0 Å². The van der Waals surface area contributed by atoms with Crippen LogP contribution in [0, 0.1) is 19.3 Å². The van der Waals surface area contributed by atoms with Crippen LogP contribution in [0.3, 0.4) is 0 Å². The number of aryl methyl sites for hydroxylation is 2. The number of carboxylic acid groups (broad SMARTS) is 1. The van der Waals surface area contributed by atoms with Crippen LogP contribution in [0.5, 0.6) is 0 Å². The molecule has 1 amide bonds. The first-order valence-electron chi connectivity index (χ1n) is 9.59. The smallest absolute Gasteiger partial charge is 0.475 e. The number of likely N-dealkylation sites (tertiary alicyclic amines) is 2. The number of carbonyl (C=O) groups is 2. The van der Waals surface area contributed by atoms with Crippen molar-refractivity contribution in [2.75, 3.05) is 19.6 Å². The van der Waals surface area contributed by atoms with Crippen LogP contribution in [0.4, 0.5) is 13.2 Å². The minimum atomic E-state index is -5.08. The molecule has 4 heterocycles. The molecule has 4 rings (SSSR count). The maximum Gasteiger partial charge on any atom is 0.490 e. The van der Waals surface area contributed by atoms with Crippen LogP contribution < -0.4 is 0 Å². The summed E-state index contributed by atoms with van der Waals surface area (Å²) >= 11 is 1.70. The van der Waals surface area contributed by atoms with Crippen LogP contribution in [-0.2, 0) is 22.7 Å². The monoisotopic (exact) mass is 460 g/mol. The number of aromatic nitrogens is 2. The second-order valence-electron chi connectivity index (χ2n) is 7.92. The van der Waals surface area contributed by atoms with E-state index in [1.807, 2.05) is 30.3 Å². The van der Waals surface area contributed by atoms with Gasteiger partial charge in [0.15, 0.2) is 0 Å². The molecule has 0 aliphatic carbocycles. The van der Waals surface area contributed by atoms with E-state index in [0.717, 1.165) is 54.6 Å². The van der Waals surface area contributed by atoms with E-state index in [1.54, 1.807) is 11.3 Å². The Morgan fingerprint density at radius 2 is 2.03 bits per heavy atom. The Hall–Kier alpha value is -2.47. The number of halogens is 3. The molecule has 0 radical (unpaired) electrons. The maximum absolute atomic E-state index is 12.6. The molecule has 170 valence electrons. The molecule has 2 aromatic heterocycles. The molecule has 2 saturated heterocycles. The number of thiazole rings is 1. The highest BCUT2D eigenvalue weighted by atomic mass is 32.1. The van der Waals surface area contributed by atoms with Crippen molar-refractivity contribution < 1.29 is 32.4 Å². The standard InChI is InChI=1S/C17H22N4O2S.C2HF3O2/c1-12-14(13(2)23-19-12)8-21-11-17(7-16(21)22)3-5-20(10-17)9-15-18-4-6-24-15;3-2(4,5)1(6)7/h4,6H,3,5,7-11H2,1-2H3;(H,6,7). The van der Waals surface area contributed by atoms with Crippen LogP contribution in [0.2, 0.25) is 0 Å². The summed E-state index contributed by atoms with van der Waals surface area (Å²) < 4.78 is 37.0. The Balaban J connectivity index is 0.000000339. The second-order valence-corrected chi connectivity index (χ2v) is 8.90. The Bertz CT molecular complexity index is 912. The predicted molar refractivity (Wildman–Crippen MR) is 104 cm³/mol. The maximum atomic E-state index is 12.6. The van der Waals surface area contributed by atoms with Crippen molar-refractivity contribution in [3.63, 3.8) is 0 Å². The Kier molecular flexibility index (Phi) is 6.70. The predicted octanol–water partition coefficient (Wildman–Crippen LogP) is 3.01. The van der Waals surface area contributed by atoms with E-state index in [4.69, 9.17) is 14.4 Å². The van der Waals surface area contributed by atoms with Gasteiger partial charge in [0.2, 0.25) is 5.91 Å². The fraction of sp³-hybridized carbons (Fsp3) is 0.579. The molecule has 2 fully saturated rings. The van der Waals surface area contributed by atoms with Gasteiger partial charge in [-0.2, -0.15) is 13.2 Å². The highest BCUT2D eigenvalue weighted by Crippen LogP contribution is 2.41. The fourth-order valence-electron chi connectivity index (χ4n) is 4.00.